The molecule has 0 bridgehead atoms. The molecule has 1 aliphatic heterocycles. The Morgan fingerprint density at radius 1 is 1.07 bits per heavy atom. The highest BCUT2D eigenvalue weighted by Gasteiger charge is 2.40. The number of rotatable bonds is 0. The Bertz CT molecular complexity index is 311. The molecular weight excluding hydrogens is 210 g/mol. The Labute approximate surface area is 92.6 Å². The van der Waals surface area contributed by atoms with E-state index in [9.17, 15) is 8.42 Å². The van der Waals surface area contributed by atoms with Gasteiger partial charge < -0.3 is 5.32 Å². The highest BCUT2D eigenvalue weighted by atomic mass is 32.2. The second-order valence-electron chi connectivity index (χ2n) is 4.94. The van der Waals surface area contributed by atoms with E-state index in [-0.39, 0.29) is 16.5 Å². The number of nitrogens with one attached hydrogen (secondary N) is 1. The maximum Gasteiger partial charge on any atom is 0.158 e. The van der Waals surface area contributed by atoms with Gasteiger partial charge in [-0.3, -0.25) is 0 Å². The smallest absolute Gasteiger partial charge is 0.158 e. The Morgan fingerprint density at radius 2 is 1.73 bits per heavy atom. The normalized spacial score (nSPS) is 41.3. The van der Waals surface area contributed by atoms with Crippen molar-refractivity contribution in [2.24, 2.45) is 0 Å². The van der Waals surface area contributed by atoms with Gasteiger partial charge in [0.15, 0.2) is 9.84 Å². The van der Waals surface area contributed by atoms with Crippen molar-refractivity contribution in [2.75, 3.05) is 6.54 Å². The Hall–Kier alpha value is -0.0900. The fourth-order valence-electron chi connectivity index (χ4n) is 2.81. The molecule has 0 aromatic heterocycles. The van der Waals surface area contributed by atoms with Crippen LogP contribution in [0.25, 0.3) is 0 Å². The summed E-state index contributed by atoms with van der Waals surface area (Å²) in [7, 11) is -2.86. The van der Waals surface area contributed by atoms with Gasteiger partial charge in [0.25, 0.3) is 0 Å². The molecule has 0 aromatic rings. The minimum Gasteiger partial charge on any atom is -0.311 e. The lowest BCUT2D eigenvalue weighted by molar-refractivity contribution is 0.367. The van der Waals surface area contributed by atoms with Gasteiger partial charge in [-0.2, -0.15) is 0 Å². The predicted octanol–water partition coefficient (Wildman–Crippen LogP) is 1.48. The molecule has 1 saturated heterocycles. The van der Waals surface area contributed by atoms with Crippen molar-refractivity contribution in [3.63, 3.8) is 0 Å². The zero-order chi connectivity index (χ0) is 10.9. The van der Waals surface area contributed by atoms with Crippen molar-refractivity contribution in [2.45, 2.75) is 62.0 Å². The van der Waals surface area contributed by atoms with Gasteiger partial charge in [0.05, 0.1) is 10.5 Å². The molecule has 0 spiro atoms. The topological polar surface area (TPSA) is 46.2 Å². The summed E-state index contributed by atoms with van der Waals surface area (Å²) in [6.07, 6.45) is 6.63. The van der Waals surface area contributed by atoms with Crippen LogP contribution >= 0.6 is 0 Å². The lowest BCUT2D eigenvalue weighted by atomic mass is 9.96. The van der Waals surface area contributed by atoms with Crippen LogP contribution in [0, 0.1) is 0 Å². The summed E-state index contributed by atoms with van der Waals surface area (Å²) >= 11 is 0. The van der Waals surface area contributed by atoms with E-state index in [1.807, 2.05) is 6.92 Å². The maximum absolute atomic E-state index is 12.2. The van der Waals surface area contributed by atoms with Crippen molar-refractivity contribution >= 4 is 9.84 Å². The second-order valence-corrected chi connectivity index (χ2v) is 7.53. The molecule has 4 heteroatoms. The number of hydrogen-bond acceptors (Lipinski definition) is 3. The molecule has 2 fully saturated rings. The first-order valence-corrected chi connectivity index (χ1v) is 7.69. The maximum atomic E-state index is 12.2. The molecule has 3 atom stereocenters. The highest BCUT2D eigenvalue weighted by Crippen LogP contribution is 2.28. The summed E-state index contributed by atoms with van der Waals surface area (Å²) in [4.78, 5) is 0. The monoisotopic (exact) mass is 231 g/mol. The minimum atomic E-state index is -2.86. The summed E-state index contributed by atoms with van der Waals surface area (Å²) < 4.78 is 24.3. The largest absolute Gasteiger partial charge is 0.311 e. The van der Waals surface area contributed by atoms with Gasteiger partial charge >= 0.3 is 0 Å². The molecule has 0 radical (unpaired) electrons. The SMILES string of the molecule is CC1CNC2CCCCCCC2S1(=O)=O. The predicted molar refractivity (Wildman–Crippen MR) is 61.7 cm³/mol. The van der Waals surface area contributed by atoms with Crippen molar-refractivity contribution < 1.29 is 8.42 Å². The van der Waals surface area contributed by atoms with Crippen LogP contribution < -0.4 is 5.32 Å². The van der Waals surface area contributed by atoms with E-state index >= 15 is 0 Å². The van der Waals surface area contributed by atoms with Gasteiger partial charge in [-0.1, -0.05) is 25.7 Å². The number of sulfone groups is 1. The highest BCUT2D eigenvalue weighted by molar-refractivity contribution is 7.92. The number of fused-ring (bicyclic) bond motifs is 1. The Balaban J connectivity index is 2.18. The lowest BCUT2D eigenvalue weighted by Crippen LogP contribution is -2.56. The van der Waals surface area contributed by atoms with Crippen molar-refractivity contribution in [1.29, 1.82) is 0 Å². The summed E-state index contributed by atoms with van der Waals surface area (Å²) in [6, 6.07) is 0.228. The van der Waals surface area contributed by atoms with E-state index in [1.165, 1.54) is 19.3 Å². The van der Waals surface area contributed by atoms with E-state index in [1.54, 1.807) is 0 Å². The summed E-state index contributed by atoms with van der Waals surface area (Å²) in [5, 5.41) is 3.11. The zero-order valence-corrected chi connectivity index (χ0v) is 10.2. The van der Waals surface area contributed by atoms with E-state index < -0.39 is 9.84 Å². The molecule has 2 rings (SSSR count). The first-order chi connectivity index (χ1) is 7.12. The standard InChI is InChI=1S/C11H21NO2S/c1-9-8-12-10-6-4-2-3-5-7-11(10)15(9,13)14/h9-12H,2-8H2,1H3. The van der Waals surface area contributed by atoms with Gasteiger partial charge in [0, 0.05) is 12.6 Å². The number of hydrogen-bond donors (Lipinski definition) is 1. The molecule has 88 valence electrons. The van der Waals surface area contributed by atoms with Gasteiger partial charge in [-0.25, -0.2) is 8.42 Å². The van der Waals surface area contributed by atoms with Crippen LogP contribution in [0.3, 0.4) is 0 Å². The van der Waals surface area contributed by atoms with Crippen LogP contribution in [0.1, 0.15) is 45.4 Å². The summed E-state index contributed by atoms with van der Waals surface area (Å²) in [5.41, 5.74) is 0. The third kappa shape index (κ3) is 2.21. The van der Waals surface area contributed by atoms with Gasteiger partial charge in [0.1, 0.15) is 0 Å². The van der Waals surface area contributed by atoms with Crippen LogP contribution in [0.15, 0.2) is 0 Å². The molecule has 1 aliphatic carbocycles. The first kappa shape index (κ1) is 11.4. The van der Waals surface area contributed by atoms with Crippen molar-refractivity contribution in [3.8, 4) is 0 Å². The van der Waals surface area contributed by atoms with Crippen LogP contribution in [0.2, 0.25) is 0 Å². The van der Waals surface area contributed by atoms with E-state index in [2.05, 4.69) is 5.32 Å². The summed E-state index contributed by atoms with van der Waals surface area (Å²) in [5.74, 6) is 0. The van der Waals surface area contributed by atoms with E-state index in [4.69, 9.17) is 0 Å². The molecule has 1 N–H and O–H groups in total. The first-order valence-electron chi connectivity index (χ1n) is 6.08. The average molecular weight is 231 g/mol. The van der Waals surface area contributed by atoms with E-state index in [0.717, 1.165) is 19.3 Å². The average Bonchev–Trinajstić information content (AvgIpc) is 2.13. The van der Waals surface area contributed by atoms with Crippen molar-refractivity contribution in [1.82, 2.24) is 5.32 Å². The van der Waals surface area contributed by atoms with Crippen LogP contribution in [-0.2, 0) is 9.84 Å². The fraction of sp³-hybridized carbons (Fsp3) is 1.00. The fourth-order valence-corrected chi connectivity index (χ4v) is 4.92. The minimum absolute atomic E-state index is 0.110. The van der Waals surface area contributed by atoms with E-state index in [0.29, 0.717) is 6.54 Å². The third-order valence-corrected chi connectivity index (χ3v) is 6.55. The second kappa shape index (κ2) is 4.42. The molecular formula is C11H21NO2S. The molecule has 3 unspecified atom stereocenters. The van der Waals surface area contributed by atoms with Crippen LogP contribution in [-0.4, -0.2) is 31.5 Å². The van der Waals surface area contributed by atoms with Gasteiger partial charge in [-0.05, 0) is 19.8 Å². The van der Waals surface area contributed by atoms with Gasteiger partial charge in [-0.15, -0.1) is 0 Å². The van der Waals surface area contributed by atoms with Crippen molar-refractivity contribution in [3.05, 3.63) is 0 Å². The lowest BCUT2D eigenvalue weighted by Gasteiger charge is -2.37. The third-order valence-electron chi connectivity index (χ3n) is 3.85. The molecule has 1 heterocycles. The quantitative estimate of drug-likeness (QED) is 0.687. The molecule has 0 amide bonds. The molecule has 15 heavy (non-hydrogen) atoms. The molecule has 0 aromatic carbocycles. The van der Waals surface area contributed by atoms with Gasteiger partial charge in [0.2, 0.25) is 0 Å². The Morgan fingerprint density at radius 3 is 2.47 bits per heavy atom. The van der Waals surface area contributed by atoms with Crippen LogP contribution in [0.5, 0.6) is 0 Å². The zero-order valence-electron chi connectivity index (χ0n) is 9.41. The van der Waals surface area contributed by atoms with Crippen LogP contribution in [0.4, 0.5) is 0 Å². The molecule has 3 nitrogen and oxygen atoms in total. The molecule has 2 aliphatic rings. The summed E-state index contributed by atoms with van der Waals surface area (Å²) in [6.45, 7) is 2.47. The Kier molecular flexibility index (Phi) is 3.36. The molecule has 1 saturated carbocycles.